The minimum atomic E-state index is 0.490. The summed E-state index contributed by atoms with van der Waals surface area (Å²) in [4.78, 5) is 0. The first-order valence-corrected chi connectivity index (χ1v) is 5.61. The smallest absolute Gasteiger partial charge is 0.0661 e. The van der Waals surface area contributed by atoms with Crippen LogP contribution in [-0.2, 0) is 4.74 Å². The van der Waals surface area contributed by atoms with E-state index in [0.29, 0.717) is 16.9 Å². The minimum Gasteiger partial charge on any atom is -0.378 e. The van der Waals surface area contributed by atoms with E-state index >= 15 is 0 Å². The Morgan fingerprint density at radius 2 is 2.00 bits per heavy atom. The number of rotatable bonds is 2. The Morgan fingerprint density at radius 3 is 2.38 bits per heavy atom. The molecule has 2 fully saturated rings. The summed E-state index contributed by atoms with van der Waals surface area (Å²) in [5.41, 5.74) is 1.01. The Bertz CT molecular complexity index is 209. The lowest BCUT2D eigenvalue weighted by atomic mass is 9.73. The number of ether oxygens (including phenoxy) is 1. The van der Waals surface area contributed by atoms with Crippen LogP contribution < -0.4 is 0 Å². The fraction of sp³-hybridized carbons (Fsp3) is 1.00. The second-order valence-corrected chi connectivity index (χ2v) is 5.84. The van der Waals surface area contributed by atoms with Crippen LogP contribution in [0.5, 0.6) is 0 Å². The molecule has 2 bridgehead atoms. The van der Waals surface area contributed by atoms with Gasteiger partial charge in [0.1, 0.15) is 0 Å². The molecule has 2 aliphatic rings. The zero-order valence-corrected chi connectivity index (χ0v) is 9.39. The maximum atomic E-state index is 5.93. The van der Waals surface area contributed by atoms with Crippen molar-refractivity contribution in [2.45, 2.75) is 53.1 Å². The van der Waals surface area contributed by atoms with Gasteiger partial charge in [-0.25, -0.2) is 0 Å². The molecule has 2 rings (SSSR count). The van der Waals surface area contributed by atoms with Gasteiger partial charge in [0.05, 0.1) is 6.10 Å². The van der Waals surface area contributed by atoms with Crippen LogP contribution in [0.4, 0.5) is 0 Å². The van der Waals surface area contributed by atoms with Crippen molar-refractivity contribution < 1.29 is 4.74 Å². The van der Waals surface area contributed by atoms with E-state index in [4.69, 9.17) is 4.74 Å². The monoisotopic (exact) mass is 182 g/mol. The van der Waals surface area contributed by atoms with Crippen LogP contribution >= 0.6 is 0 Å². The van der Waals surface area contributed by atoms with E-state index in [1.54, 1.807) is 0 Å². The molecule has 1 nitrogen and oxygen atoms in total. The van der Waals surface area contributed by atoms with Crippen LogP contribution in [0.1, 0.15) is 47.0 Å². The molecule has 0 heterocycles. The SMILES string of the molecule is CCOC1C2CCC1(C)CC2(C)C. The minimum absolute atomic E-state index is 0.490. The topological polar surface area (TPSA) is 9.23 Å². The van der Waals surface area contributed by atoms with Crippen LogP contribution in [-0.4, -0.2) is 12.7 Å². The Labute approximate surface area is 81.9 Å². The number of hydrogen-bond acceptors (Lipinski definition) is 1. The van der Waals surface area contributed by atoms with Gasteiger partial charge in [0.2, 0.25) is 0 Å². The summed E-state index contributed by atoms with van der Waals surface area (Å²) in [6.45, 7) is 10.2. The van der Waals surface area contributed by atoms with Gasteiger partial charge in [-0.1, -0.05) is 20.8 Å². The van der Waals surface area contributed by atoms with Crippen LogP contribution in [0.2, 0.25) is 0 Å². The molecule has 0 aromatic heterocycles. The largest absolute Gasteiger partial charge is 0.378 e. The summed E-state index contributed by atoms with van der Waals surface area (Å²) < 4.78 is 5.93. The van der Waals surface area contributed by atoms with Crippen molar-refractivity contribution in [1.82, 2.24) is 0 Å². The first kappa shape index (κ1) is 9.51. The van der Waals surface area contributed by atoms with Gasteiger partial charge < -0.3 is 4.74 Å². The van der Waals surface area contributed by atoms with Crippen molar-refractivity contribution in [3.8, 4) is 0 Å². The zero-order chi connectivity index (χ0) is 9.69. The van der Waals surface area contributed by atoms with Gasteiger partial charge in [-0.2, -0.15) is 0 Å². The summed E-state index contributed by atoms with van der Waals surface area (Å²) in [5.74, 6) is 0.817. The molecule has 3 unspecified atom stereocenters. The average Bonchev–Trinajstić information content (AvgIpc) is 2.36. The number of fused-ring (bicyclic) bond motifs is 2. The molecule has 0 amide bonds. The van der Waals surface area contributed by atoms with Crippen LogP contribution in [0.15, 0.2) is 0 Å². The maximum Gasteiger partial charge on any atom is 0.0661 e. The lowest BCUT2D eigenvalue weighted by molar-refractivity contribution is -0.00684. The van der Waals surface area contributed by atoms with E-state index in [2.05, 4.69) is 27.7 Å². The van der Waals surface area contributed by atoms with E-state index in [1.807, 2.05) is 0 Å². The summed E-state index contributed by atoms with van der Waals surface area (Å²) in [7, 11) is 0. The fourth-order valence-corrected chi connectivity index (χ4v) is 3.92. The highest BCUT2D eigenvalue weighted by Gasteiger charge is 2.59. The van der Waals surface area contributed by atoms with E-state index in [0.717, 1.165) is 12.5 Å². The molecular formula is C12H22O. The molecule has 1 heteroatoms. The predicted octanol–water partition coefficient (Wildman–Crippen LogP) is 3.24. The van der Waals surface area contributed by atoms with Gasteiger partial charge >= 0.3 is 0 Å². The summed E-state index contributed by atoms with van der Waals surface area (Å²) in [6.07, 6.45) is 4.67. The van der Waals surface area contributed by atoms with Crippen molar-refractivity contribution in [3.05, 3.63) is 0 Å². The van der Waals surface area contributed by atoms with Gasteiger partial charge in [0, 0.05) is 6.61 Å². The highest BCUT2D eigenvalue weighted by atomic mass is 16.5. The molecule has 3 atom stereocenters. The molecule has 0 aliphatic heterocycles. The maximum absolute atomic E-state index is 5.93. The number of hydrogen-bond donors (Lipinski definition) is 0. The fourth-order valence-electron chi connectivity index (χ4n) is 3.92. The second-order valence-electron chi connectivity index (χ2n) is 5.84. The molecule has 0 aromatic carbocycles. The van der Waals surface area contributed by atoms with Gasteiger partial charge in [0.15, 0.2) is 0 Å². The molecule has 13 heavy (non-hydrogen) atoms. The van der Waals surface area contributed by atoms with Crippen LogP contribution in [0.25, 0.3) is 0 Å². The van der Waals surface area contributed by atoms with E-state index in [-0.39, 0.29) is 0 Å². The highest BCUT2D eigenvalue weighted by molar-refractivity contribution is 5.09. The Kier molecular flexibility index (Phi) is 1.99. The highest BCUT2D eigenvalue weighted by Crippen LogP contribution is 2.63. The van der Waals surface area contributed by atoms with Crippen molar-refractivity contribution >= 4 is 0 Å². The lowest BCUT2D eigenvalue weighted by Gasteiger charge is -2.31. The van der Waals surface area contributed by atoms with Crippen molar-refractivity contribution in [2.75, 3.05) is 6.61 Å². The molecule has 76 valence electrons. The van der Waals surface area contributed by atoms with Gasteiger partial charge in [0.25, 0.3) is 0 Å². The van der Waals surface area contributed by atoms with Crippen molar-refractivity contribution in [3.63, 3.8) is 0 Å². The van der Waals surface area contributed by atoms with E-state index in [9.17, 15) is 0 Å². The summed E-state index contributed by atoms with van der Waals surface area (Å²) in [5, 5.41) is 0. The summed E-state index contributed by atoms with van der Waals surface area (Å²) >= 11 is 0. The van der Waals surface area contributed by atoms with Crippen LogP contribution in [0.3, 0.4) is 0 Å². The third-order valence-electron chi connectivity index (χ3n) is 4.29. The Hall–Kier alpha value is -0.0400. The second kappa shape index (κ2) is 2.73. The normalized spacial score (nSPS) is 47.1. The lowest BCUT2D eigenvalue weighted by Crippen LogP contribution is -2.27. The first-order valence-electron chi connectivity index (χ1n) is 5.61. The molecule has 0 N–H and O–H groups in total. The molecule has 0 spiro atoms. The van der Waals surface area contributed by atoms with Crippen LogP contribution in [0, 0.1) is 16.7 Å². The molecule has 2 saturated carbocycles. The van der Waals surface area contributed by atoms with Crippen molar-refractivity contribution in [2.24, 2.45) is 16.7 Å². The quantitative estimate of drug-likeness (QED) is 0.637. The molecule has 0 radical (unpaired) electrons. The van der Waals surface area contributed by atoms with E-state index < -0.39 is 0 Å². The Balaban J connectivity index is 2.21. The van der Waals surface area contributed by atoms with Gasteiger partial charge in [-0.05, 0) is 42.9 Å². The average molecular weight is 182 g/mol. The summed E-state index contributed by atoms with van der Waals surface area (Å²) in [6, 6.07) is 0. The predicted molar refractivity (Wildman–Crippen MR) is 54.6 cm³/mol. The van der Waals surface area contributed by atoms with E-state index in [1.165, 1.54) is 19.3 Å². The molecule has 0 aromatic rings. The van der Waals surface area contributed by atoms with Crippen molar-refractivity contribution in [1.29, 1.82) is 0 Å². The standard InChI is InChI=1S/C12H22O/c1-5-13-10-9-6-7-12(10,4)8-11(9,2)3/h9-10H,5-8H2,1-4H3. The molecular weight excluding hydrogens is 160 g/mol. The molecule has 2 aliphatic carbocycles. The third-order valence-corrected chi connectivity index (χ3v) is 4.29. The van der Waals surface area contributed by atoms with Gasteiger partial charge in [-0.15, -0.1) is 0 Å². The molecule has 0 saturated heterocycles. The zero-order valence-electron chi connectivity index (χ0n) is 9.39. The third kappa shape index (κ3) is 1.24. The Morgan fingerprint density at radius 1 is 1.31 bits per heavy atom. The first-order chi connectivity index (χ1) is 5.99. The van der Waals surface area contributed by atoms with Gasteiger partial charge in [-0.3, -0.25) is 0 Å².